The SMILES string of the molecule is O=CN1CCN(S(=O)(=O)c2ccc(C(=O)NC3CC3)cc2)CC1. The maximum atomic E-state index is 12.6. The standard InChI is InChI=1S/C15H19N3O4S/c19-11-17-7-9-18(10-8-17)23(21,22)14-5-1-12(2-6-14)15(20)16-13-3-4-13/h1-2,5-6,11,13H,3-4,7-10H2,(H,16,20). The van der Waals surface area contributed by atoms with Gasteiger partial charge in [0.2, 0.25) is 16.4 Å². The Kier molecular flexibility index (Phi) is 4.36. The lowest BCUT2D eigenvalue weighted by Gasteiger charge is -2.31. The summed E-state index contributed by atoms with van der Waals surface area (Å²) in [5.74, 6) is -0.170. The average Bonchev–Trinajstić information content (AvgIpc) is 3.39. The maximum absolute atomic E-state index is 12.6. The summed E-state index contributed by atoms with van der Waals surface area (Å²) >= 11 is 0. The summed E-state index contributed by atoms with van der Waals surface area (Å²) in [7, 11) is -3.59. The van der Waals surface area contributed by atoms with Crippen molar-refractivity contribution in [1.82, 2.24) is 14.5 Å². The van der Waals surface area contributed by atoms with Gasteiger partial charge in [0.15, 0.2) is 0 Å². The summed E-state index contributed by atoms with van der Waals surface area (Å²) in [6.45, 7) is 1.35. The zero-order valence-corrected chi connectivity index (χ0v) is 13.5. The number of carbonyl (C=O) groups is 2. The van der Waals surface area contributed by atoms with Gasteiger partial charge in [-0.15, -0.1) is 0 Å². The van der Waals surface area contributed by atoms with Gasteiger partial charge in [0.05, 0.1) is 4.90 Å². The summed E-state index contributed by atoms with van der Waals surface area (Å²) < 4.78 is 26.5. The highest BCUT2D eigenvalue weighted by Gasteiger charge is 2.28. The molecule has 1 aliphatic carbocycles. The number of sulfonamides is 1. The van der Waals surface area contributed by atoms with Gasteiger partial charge in [-0.2, -0.15) is 4.31 Å². The molecule has 0 bridgehead atoms. The molecule has 0 unspecified atom stereocenters. The third-order valence-corrected chi connectivity index (χ3v) is 6.00. The summed E-state index contributed by atoms with van der Waals surface area (Å²) in [6, 6.07) is 6.26. The molecule has 1 saturated carbocycles. The lowest BCUT2D eigenvalue weighted by Crippen LogP contribution is -2.47. The zero-order valence-electron chi connectivity index (χ0n) is 12.6. The number of amides is 2. The van der Waals surface area contributed by atoms with E-state index in [2.05, 4.69) is 5.32 Å². The van der Waals surface area contributed by atoms with Gasteiger partial charge in [-0.25, -0.2) is 8.42 Å². The van der Waals surface area contributed by atoms with Gasteiger partial charge >= 0.3 is 0 Å². The van der Waals surface area contributed by atoms with E-state index in [0.29, 0.717) is 18.7 Å². The van der Waals surface area contributed by atoms with Crippen molar-refractivity contribution in [2.45, 2.75) is 23.8 Å². The van der Waals surface area contributed by atoms with Crippen LogP contribution in [0.2, 0.25) is 0 Å². The first kappa shape index (κ1) is 15.9. The van der Waals surface area contributed by atoms with Crippen LogP contribution in [0, 0.1) is 0 Å². The van der Waals surface area contributed by atoms with Gasteiger partial charge in [-0.3, -0.25) is 9.59 Å². The number of rotatable bonds is 5. The van der Waals surface area contributed by atoms with Crippen molar-refractivity contribution in [2.75, 3.05) is 26.2 Å². The molecule has 1 aromatic carbocycles. The average molecular weight is 337 g/mol. The van der Waals surface area contributed by atoms with E-state index in [4.69, 9.17) is 0 Å². The Balaban J connectivity index is 1.70. The van der Waals surface area contributed by atoms with Crippen LogP contribution >= 0.6 is 0 Å². The molecule has 2 aliphatic rings. The minimum absolute atomic E-state index is 0.167. The van der Waals surface area contributed by atoms with Gasteiger partial charge in [-0.05, 0) is 37.1 Å². The van der Waals surface area contributed by atoms with Crippen LogP contribution in [0.1, 0.15) is 23.2 Å². The van der Waals surface area contributed by atoms with Crippen molar-refractivity contribution in [3.8, 4) is 0 Å². The molecule has 2 amide bonds. The molecule has 3 rings (SSSR count). The van der Waals surface area contributed by atoms with Crippen LogP contribution in [0.15, 0.2) is 29.2 Å². The predicted molar refractivity (Wildman–Crippen MR) is 83.3 cm³/mol. The second-order valence-corrected chi connectivity index (χ2v) is 7.76. The Morgan fingerprint density at radius 2 is 1.70 bits per heavy atom. The van der Waals surface area contributed by atoms with Gasteiger partial charge < -0.3 is 10.2 Å². The second kappa shape index (κ2) is 6.29. The monoisotopic (exact) mass is 337 g/mol. The Morgan fingerprint density at radius 3 is 2.22 bits per heavy atom. The van der Waals surface area contributed by atoms with Gasteiger partial charge in [0.25, 0.3) is 5.91 Å². The van der Waals surface area contributed by atoms with Crippen molar-refractivity contribution in [1.29, 1.82) is 0 Å². The molecule has 1 heterocycles. The smallest absolute Gasteiger partial charge is 0.251 e. The second-order valence-electron chi connectivity index (χ2n) is 5.82. The molecular weight excluding hydrogens is 318 g/mol. The van der Waals surface area contributed by atoms with Crippen molar-refractivity contribution < 1.29 is 18.0 Å². The Morgan fingerprint density at radius 1 is 1.09 bits per heavy atom. The number of hydrogen-bond acceptors (Lipinski definition) is 4. The topological polar surface area (TPSA) is 86.8 Å². The van der Waals surface area contributed by atoms with E-state index < -0.39 is 10.0 Å². The maximum Gasteiger partial charge on any atom is 0.251 e. The number of nitrogens with zero attached hydrogens (tertiary/aromatic N) is 2. The van der Waals surface area contributed by atoms with E-state index in [-0.39, 0.29) is 29.9 Å². The molecule has 0 radical (unpaired) electrons. The van der Waals surface area contributed by atoms with Crippen molar-refractivity contribution >= 4 is 22.3 Å². The summed E-state index contributed by atoms with van der Waals surface area (Å²) in [5.41, 5.74) is 0.460. The lowest BCUT2D eigenvalue weighted by atomic mass is 10.2. The number of nitrogens with one attached hydrogen (secondary N) is 1. The highest BCUT2D eigenvalue weighted by Crippen LogP contribution is 2.21. The van der Waals surface area contributed by atoms with Crippen LogP contribution in [-0.2, 0) is 14.8 Å². The fraction of sp³-hybridized carbons (Fsp3) is 0.467. The fourth-order valence-corrected chi connectivity index (χ4v) is 3.90. The minimum Gasteiger partial charge on any atom is -0.349 e. The molecule has 7 nitrogen and oxygen atoms in total. The van der Waals surface area contributed by atoms with Crippen LogP contribution in [0.4, 0.5) is 0 Å². The van der Waals surface area contributed by atoms with E-state index in [1.807, 2.05) is 0 Å². The molecule has 1 aromatic rings. The molecule has 2 fully saturated rings. The zero-order chi connectivity index (χ0) is 16.4. The molecule has 23 heavy (non-hydrogen) atoms. The molecule has 1 saturated heterocycles. The number of piperazine rings is 1. The van der Waals surface area contributed by atoms with Crippen molar-refractivity contribution in [2.24, 2.45) is 0 Å². The highest BCUT2D eigenvalue weighted by atomic mass is 32.2. The van der Waals surface area contributed by atoms with Crippen molar-refractivity contribution in [3.63, 3.8) is 0 Å². The van der Waals surface area contributed by atoms with Crippen LogP contribution in [0.25, 0.3) is 0 Å². The minimum atomic E-state index is -3.59. The molecular formula is C15H19N3O4S. The van der Waals surface area contributed by atoms with E-state index in [1.165, 1.54) is 28.6 Å². The Hall–Kier alpha value is -1.93. The number of carbonyl (C=O) groups excluding carboxylic acids is 2. The van der Waals surface area contributed by atoms with E-state index in [0.717, 1.165) is 19.3 Å². The molecule has 124 valence electrons. The van der Waals surface area contributed by atoms with Crippen LogP contribution in [0.3, 0.4) is 0 Å². The highest BCUT2D eigenvalue weighted by molar-refractivity contribution is 7.89. The third-order valence-electron chi connectivity index (χ3n) is 4.09. The quantitative estimate of drug-likeness (QED) is 0.769. The molecule has 0 aromatic heterocycles. The molecule has 8 heteroatoms. The molecule has 0 spiro atoms. The van der Waals surface area contributed by atoms with E-state index in [1.54, 1.807) is 4.90 Å². The third kappa shape index (κ3) is 3.53. The first-order valence-corrected chi connectivity index (χ1v) is 9.05. The normalized spacial score (nSPS) is 19.4. The van der Waals surface area contributed by atoms with Gasteiger partial charge in [0.1, 0.15) is 0 Å². The van der Waals surface area contributed by atoms with Crippen LogP contribution in [0.5, 0.6) is 0 Å². The van der Waals surface area contributed by atoms with Crippen LogP contribution < -0.4 is 5.32 Å². The summed E-state index contributed by atoms with van der Waals surface area (Å²) in [6.07, 6.45) is 2.74. The molecule has 1 N–H and O–H groups in total. The summed E-state index contributed by atoms with van der Waals surface area (Å²) in [4.78, 5) is 24.3. The van der Waals surface area contributed by atoms with E-state index >= 15 is 0 Å². The van der Waals surface area contributed by atoms with Crippen LogP contribution in [-0.4, -0.2) is 62.2 Å². The fourth-order valence-electron chi connectivity index (χ4n) is 2.47. The first-order valence-electron chi connectivity index (χ1n) is 7.61. The van der Waals surface area contributed by atoms with Crippen molar-refractivity contribution in [3.05, 3.63) is 29.8 Å². The molecule has 1 aliphatic heterocycles. The largest absolute Gasteiger partial charge is 0.349 e. The Labute approximate surface area is 135 Å². The molecule has 0 atom stereocenters. The lowest BCUT2D eigenvalue weighted by molar-refractivity contribution is -0.119. The van der Waals surface area contributed by atoms with Gasteiger partial charge in [0, 0.05) is 37.8 Å². The first-order chi connectivity index (χ1) is 11.0. The number of benzene rings is 1. The number of hydrogen-bond donors (Lipinski definition) is 1. The predicted octanol–water partition coefficient (Wildman–Crippen LogP) is 0.0415. The summed E-state index contributed by atoms with van der Waals surface area (Å²) in [5, 5.41) is 2.87. The van der Waals surface area contributed by atoms with Gasteiger partial charge in [-0.1, -0.05) is 0 Å². The Bertz CT molecular complexity index is 690. The van der Waals surface area contributed by atoms with E-state index in [9.17, 15) is 18.0 Å².